The van der Waals surface area contributed by atoms with E-state index in [1.165, 1.54) is 23.1 Å². The van der Waals surface area contributed by atoms with Gasteiger partial charge in [-0.1, -0.05) is 42.1 Å². The molecule has 3 aromatic rings. The molecule has 0 unspecified atom stereocenters. The molecule has 0 aliphatic rings. The number of thioether (sulfide) groups is 1. The van der Waals surface area contributed by atoms with Crippen LogP contribution in [0.4, 0.5) is 0 Å². The zero-order valence-electron chi connectivity index (χ0n) is 14.2. The molecule has 1 aromatic heterocycles. The average Bonchev–Trinajstić information content (AvgIpc) is 3.07. The number of ketones is 1. The number of hydrogen-bond donors (Lipinski definition) is 1. The number of carbonyl (C=O) groups is 2. The van der Waals surface area contributed by atoms with E-state index in [1.807, 2.05) is 31.2 Å². The highest BCUT2D eigenvalue weighted by Crippen LogP contribution is 2.31. The maximum atomic E-state index is 12.0. The Morgan fingerprint density at radius 2 is 2.00 bits per heavy atom. The van der Waals surface area contributed by atoms with Crippen LogP contribution in [0.5, 0.6) is 5.75 Å². The van der Waals surface area contributed by atoms with Crippen LogP contribution in [-0.4, -0.2) is 35.6 Å². The van der Waals surface area contributed by atoms with E-state index in [9.17, 15) is 9.59 Å². The van der Waals surface area contributed by atoms with Gasteiger partial charge in [0, 0.05) is 5.56 Å². The summed E-state index contributed by atoms with van der Waals surface area (Å²) in [6, 6.07) is 14.7. The van der Waals surface area contributed by atoms with E-state index in [0.29, 0.717) is 12.2 Å². The molecule has 3 rings (SSSR count). The Bertz CT molecular complexity index is 910. The molecule has 134 valence electrons. The minimum atomic E-state index is -0.187. The van der Waals surface area contributed by atoms with Gasteiger partial charge in [0.1, 0.15) is 5.75 Å². The van der Waals surface area contributed by atoms with Crippen LogP contribution in [0.25, 0.3) is 10.2 Å². The Hall–Kier alpha value is -2.38. The van der Waals surface area contributed by atoms with E-state index in [0.717, 1.165) is 20.3 Å². The Morgan fingerprint density at radius 3 is 2.77 bits per heavy atom. The third kappa shape index (κ3) is 4.83. The van der Waals surface area contributed by atoms with Gasteiger partial charge in [-0.05, 0) is 25.1 Å². The van der Waals surface area contributed by atoms with Crippen molar-refractivity contribution in [1.82, 2.24) is 10.3 Å². The lowest BCUT2D eigenvalue weighted by atomic mass is 10.1. The average molecular weight is 386 g/mol. The summed E-state index contributed by atoms with van der Waals surface area (Å²) in [5.41, 5.74) is 1.48. The Labute approximate surface area is 159 Å². The predicted molar refractivity (Wildman–Crippen MR) is 105 cm³/mol. The molecule has 5 nitrogen and oxygen atoms in total. The van der Waals surface area contributed by atoms with Crippen molar-refractivity contribution in [3.63, 3.8) is 0 Å². The topological polar surface area (TPSA) is 68.3 Å². The molecular weight excluding hydrogens is 368 g/mol. The standard InChI is InChI=1S/C19H18N2O3S2/c1-2-24-14-8-9-15-17(10-14)26-19(21-15)25-12-18(23)20-11-16(22)13-6-4-3-5-7-13/h3-10H,2,11-12H2,1H3,(H,20,23). The molecule has 0 aliphatic carbocycles. The van der Waals surface area contributed by atoms with Crippen molar-refractivity contribution in [3.05, 3.63) is 54.1 Å². The van der Waals surface area contributed by atoms with Crippen molar-refractivity contribution >= 4 is 45.0 Å². The minimum absolute atomic E-state index is 0.000960. The lowest BCUT2D eigenvalue weighted by Crippen LogP contribution is -2.30. The normalized spacial score (nSPS) is 10.7. The van der Waals surface area contributed by atoms with Crippen molar-refractivity contribution in [2.75, 3.05) is 18.9 Å². The smallest absolute Gasteiger partial charge is 0.230 e. The van der Waals surface area contributed by atoms with Crippen molar-refractivity contribution in [1.29, 1.82) is 0 Å². The third-order valence-electron chi connectivity index (χ3n) is 3.52. The number of aromatic nitrogens is 1. The fraction of sp³-hybridized carbons (Fsp3) is 0.211. The first-order chi connectivity index (χ1) is 12.7. The highest BCUT2D eigenvalue weighted by Gasteiger charge is 2.11. The largest absolute Gasteiger partial charge is 0.494 e. The van der Waals surface area contributed by atoms with Crippen LogP contribution in [0.3, 0.4) is 0 Å². The summed E-state index contributed by atoms with van der Waals surface area (Å²) < 4.78 is 7.33. The fourth-order valence-corrected chi connectivity index (χ4v) is 4.21. The molecule has 0 radical (unpaired) electrons. The molecule has 26 heavy (non-hydrogen) atoms. The van der Waals surface area contributed by atoms with E-state index >= 15 is 0 Å². The zero-order chi connectivity index (χ0) is 18.4. The van der Waals surface area contributed by atoms with Gasteiger partial charge in [0.05, 0.1) is 29.1 Å². The van der Waals surface area contributed by atoms with E-state index in [2.05, 4.69) is 10.3 Å². The molecule has 0 fully saturated rings. The summed E-state index contributed by atoms with van der Waals surface area (Å²) in [5.74, 6) is 0.749. The van der Waals surface area contributed by atoms with Crippen molar-refractivity contribution < 1.29 is 14.3 Å². The van der Waals surface area contributed by atoms with Gasteiger partial charge >= 0.3 is 0 Å². The number of thiazole rings is 1. The van der Waals surface area contributed by atoms with Crippen molar-refractivity contribution in [2.45, 2.75) is 11.3 Å². The Balaban J connectivity index is 1.51. The Kier molecular flexibility index (Phi) is 6.25. The van der Waals surface area contributed by atoms with Crippen LogP contribution in [0.2, 0.25) is 0 Å². The van der Waals surface area contributed by atoms with Gasteiger partial charge in [-0.15, -0.1) is 11.3 Å². The number of benzene rings is 2. The van der Waals surface area contributed by atoms with E-state index in [-0.39, 0.29) is 24.0 Å². The van der Waals surface area contributed by atoms with Gasteiger partial charge in [0.2, 0.25) is 5.91 Å². The summed E-state index contributed by atoms with van der Waals surface area (Å²) in [6.07, 6.45) is 0. The first-order valence-corrected chi connectivity index (χ1v) is 9.97. The molecule has 0 saturated heterocycles. The number of fused-ring (bicyclic) bond motifs is 1. The maximum absolute atomic E-state index is 12.0. The second-order valence-corrected chi connectivity index (χ2v) is 7.65. The molecule has 0 bridgehead atoms. The third-order valence-corrected chi connectivity index (χ3v) is 5.68. The summed E-state index contributed by atoms with van der Waals surface area (Å²) >= 11 is 2.89. The summed E-state index contributed by atoms with van der Waals surface area (Å²) in [4.78, 5) is 28.5. The van der Waals surface area contributed by atoms with Gasteiger partial charge in [-0.2, -0.15) is 0 Å². The van der Waals surface area contributed by atoms with Gasteiger partial charge in [-0.25, -0.2) is 4.98 Å². The van der Waals surface area contributed by atoms with Gasteiger partial charge in [0.25, 0.3) is 0 Å². The first-order valence-electron chi connectivity index (χ1n) is 8.17. The number of carbonyl (C=O) groups excluding carboxylic acids is 2. The molecule has 0 saturated carbocycles. The molecule has 1 amide bonds. The number of Topliss-reactive ketones (excluding diaryl/α,β-unsaturated/α-hetero) is 1. The summed E-state index contributed by atoms with van der Waals surface area (Å²) in [5, 5.41) is 2.66. The van der Waals surface area contributed by atoms with Crippen LogP contribution >= 0.6 is 23.1 Å². The van der Waals surface area contributed by atoms with Gasteiger partial charge < -0.3 is 10.1 Å². The molecular formula is C19H18N2O3S2. The Morgan fingerprint density at radius 1 is 1.19 bits per heavy atom. The van der Waals surface area contributed by atoms with E-state index in [4.69, 9.17) is 4.74 Å². The molecule has 0 spiro atoms. The predicted octanol–water partition coefficient (Wildman–Crippen LogP) is 3.79. The number of nitrogens with one attached hydrogen (secondary N) is 1. The highest BCUT2D eigenvalue weighted by atomic mass is 32.2. The number of rotatable bonds is 8. The molecule has 2 aromatic carbocycles. The van der Waals surface area contributed by atoms with Gasteiger partial charge in [0.15, 0.2) is 10.1 Å². The SMILES string of the molecule is CCOc1ccc2nc(SCC(=O)NCC(=O)c3ccccc3)sc2c1. The number of hydrogen-bond acceptors (Lipinski definition) is 6. The van der Waals surface area contributed by atoms with Crippen molar-refractivity contribution in [3.8, 4) is 5.75 Å². The number of nitrogens with zero attached hydrogens (tertiary/aromatic N) is 1. The van der Waals surface area contributed by atoms with Crippen LogP contribution in [0.1, 0.15) is 17.3 Å². The van der Waals surface area contributed by atoms with Crippen LogP contribution in [0, 0.1) is 0 Å². The minimum Gasteiger partial charge on any atom is -0.494 e. The van der Waals surface area contributed by atoms with E-state index < -0.39 is 0 Å². The lowest BCUT2D eigenvalue weighted by Gasteiger charge is -2.03. The second kappa shape index (κ2) is 8.82. The highest BCUT2D eigenvalue weighted by molar-refractivity contribution is 8.01. The number of ether oxygens (including phenoxy) is 1. The van der Waals surface area contributed by atoms with Crippen LogP contribution in [-0.2, 0) is 4.79 Å². The molecule has 1 heterocycles. The lowest BCUT2D eigenvalue weighted by molar-refractivity contribution is -0.118. The summed E-state index contributed by atoms with van der Waals surface area (Å²) in [6.45, 7) is 2.56. The molecule has 1 N–H and O–H groups in total. The quantitative estimate of drug-likeness (QED) is 0.471. The number of amides is 1. The molecule has 0 atom stereocenters. The van der Waals surface area contributed by atoms with Gasteiger partial charge in [-0.3, -0.25) is 9.59 Å². The van der Waals surface area contributed by atoms with Crippen LogP contribution in [0.15, 0.2) is 52.9 Å². The first kappa shape index (κ1) is 18.4. The van der Waals surface area contributed by atoms with E-state index in [1.54, 1.807) is 24.3 Å². The monoisotopic (exact) mass is 386 g/mol. The van der Waals surface area contributed by atoms with Crippen molar-refractivity contribution in [2.24, 2.45) is 0 Å². The zero-order valence-corrected chi connectivity index (χ0v) is 15.9. The van der Waals surface area contributed by atoms with Crippen LogP contribution < -0.4 is 10.1 Å². The maximum Gasteiger partial charge on any atom is 0.230 e. The molecule has 0 aliphatic heterocycles. The summed E-state index contributed by atoms with van der Waals surface area (Å²) in [7, 11) is 0. The second-order valence-electron chi connectivity index (χ2n) is 5.40. The fourth-order valence-electron chi connectivity index (χ4n) is 2.29. The molecule has 7 heteroatoms.